The van der Waals surface area contributed by atoms with Crippen molar-refractivity contribution in [1.29, 1.82) is 0 Å². The predicted molar refractivity (Wildman–Crippen MR) is 169 cm³/mol. The molecule has 1 saturated carbocycles. The highest BCUT2D eigenvalue weighted by atomic mass is 32.2. The van der Waals surface area contributed by atoms with Crippen LogP contribution in [-0.2, 0) is 14.6 Å². The average molecular weight is 625 g/mol. The molecule has 0 amide bonds. The van der Waals surface area contributed by atoms with Crippen molar-refractivity contribution in [2.24, 2.45) is 17.3 Å². The summed E-state index contributed by atoms with van der Waals surface area (Å²) in [5, 5.41) is 7.63. The number of hydrogen-bond acceptors (Lipinski definition) is 10. The molecule has 228 valence electrons. The molecule has 2 N–H and O–H groups in total. The van der Waals surface area contributed by atoms with Gasteiger partial charge in [-0.2, -0.15) is 4.98 Å². The van der Waals surface area contributed by atoms with Crippen LogP contribution in [0.25, 0.3) is 20.8 Å². The van der Waals surface area contributed by atoms with E-state index in [-0.39, 0.29) is 27.7 Å². The number of pyridine rings is 1. The van der Waals surface area contributed by atoms with Crippen molar-refractivity contribution >= 4 is 49.4 Å². The van der Waals surface area contributed by atoms with Gasteiger partial charge < -0.3 is 15.4 Å². The molecule has 12 heteroatoms. The second-order valence-corrected chi connectivity index (χ2v) is 15.7. The van der Waals surface area contributed by atoms with Gasteiger partial charge in [0.05, 0.1) is 32.3 Å². The van der Waals surface area contributed by atoms with Gasteiger partial charge in [-0.1, -0.05) is 20.8 Å². The van der Waals surface area contributed by atoms with E-state index in [1.807, 2.05) is 19.9 Å². The van der Waals surface area contributed by atoms with Gasteiger partial charge in [0, 0.05) is 24.7 Å². The normalized spacial score (nSPS) is 19.1. The number of carbonyl (C=O) groups is 1. The maximum atomic E-state index is 13.8. The van der Waals surface area contributed by atoms with E-state index < -0.39 is 27.5 Å². The molecule has 4 aromatic rings. The van der Waals surface area contributed by atoms with E-state index >= 15 is 0 Å². The summed E-state index contributed by atoms with van der Waals surface area (Å²) in [6, 6.07) is 5.54. The highest BCUT2D eigenvalue weighted by Crippen LogP contribution is 2.40. The molecule has 3 heterocycles. The van der Waals surface area contributed by atoms with Gasteiger partial charge in [-0.25, -0.2) is 22.8 Å². The molecule has 1 aliphatic rings. The van der Waals surface area contributed by atoms with Crippen molar-refractivity contribution in [3.8, 4) is 10.6 Å². The van der Waals surface area contributed by atoms with Crippen LogP contribution in [0.1, 0.15) is 50.6 Å². The number of aldehydes is 1. The molecule has 0 spiro atoms. The fourth-order valence-electron chi connectivity index (χ4n) is 5.46. The van der Waals surface area contributed by atoms with Gasteiger partial charge in [0.2, 0.25) is 5.95 Å². The number of halogens is 1. The molecule has 5 rings (SSSR count). The molecule has 1 aromatic carbocycles. The van der Waals surface area contributed by atoms with Crippen molar-refractivity contribution in [1.82, 2.24) is 19.9 Å². The van der Waals surface area contributed by atoms with E-state index in [0.29, 0.717) is 31.2 Å². The van der Waals surface area contributed by atoms with Crippen LogP contribution in [0.15, 0.2) is 35.4 Å². The number of hydrogen-bond donors (Lipinski definition) is 2. The number of carbonyl (C=O) groups excluding carboxylic acids is 1. The van der Waals surface area contributed by atoms with Crippen LogP contribution in [-0.4, -0.2) is 53.0 Å². The van der Waals surface area contributed by atoms with E-state index in [1.165, 1.54) is 36.5 Å². The van der Waals surface area contributed by atoms with E-state index in [9.17, 15) is 17.6 Å². The Morgan fingerprint density at radius 3 is 2.51 bits per heavy atom. The zero-order chi connectivity index (χ0) is 31.1. The molecule has 0 bridgehead atoms. The molecular formula is C31H37FN6O3S2. The Hall–Kier alpha value is -3.51. The number of nitrogens with one attached hydrogen (secondary N) is 2. The number of rotatable bonds is 9. The molecule has 43 heavy (non-hydrogen) atoms. The molecule has 0 saturated heterocycles. The van der Waals surface area contributed by atoms with Gasteiger partial charge in [0.15, 0.2) is 9.84 Å². The fourth-order valence-corrected chi connectivity index (χ4v) is 8.34. The maximum Gasteiger partial charge on any atom is 0.224 e. The topological polar surface area (TPSA) is 127 Å². The number of sulfone groups is 1. The molecule has 1 fully saturated rings. The number of aryl methyl sites for hydroxylation is 3. The minimum absolute atomic E-state index is 0.00545. The van der Waals surface area contributed by atoms with Crippen molar-refractivity contribution in [3.63, 3.8) is 0 Å². The van der Waals surface area contributed by atoms with Gasteiger partial charge in [-0.3, -0.25) is 4.98 Å². The minimum Gasteiger partial charge on any atom is -0.367 e. The van der Waals surface area contributed by atoms with Gasteiger partial charge >= 0.3 is 0 Å². The quantitative estimate of drug-likeness (QED) is 0.167. The lowest BCUT2D eigenvalue weighted by atomic mass is 9.97. The predicted octanol–water partition coefficient (Wildman–Crippen LogP) is 6.15. The highest BCUT2D eigenvalue weighted by Gasteiger charge is 2.38. The number of benzene rings is 1. The van der Waals surface area contributed by atoms with Gasteiger partial charge in [-0.05, 0) is 74.8 Å². The van der Waals surface area contributed by atoms with E-state index in [4.69, 9.17) is 15.0 Å². The zero-order valence-electron chi connectivity index (χ0n) is 25.2. The van der Waals surface area contributed by atoms with Gasteiger partial charge in [0.25, 0.3) is 0 Å². The number of fused-ring (bicyclic) bond motifs is 1. The van der Waals surface area contributed by atoms with Crippen LogP contribution < -0.4 is 10.6 Å². The largest absolute Gasteiger partial charge is 0.367 e. The summed E-state index contributed by atoms with van der Waals surface area (Å²) in [5.74, 6) is -0.435. The van der Waals surface area contributed by atoms with Crippen LogP contribution >= 0.6 is 11.3 Å². The maximum absolute atomic E-state index is 13.8. The van der Waals surface area contributed by atoms with Crippen LogP contribution in [0.3, 0.4) is 0 Å². The molecule has 3 aromatic heterocycles. The number of nitrogens with zero attached hydrogens (tertiary/aromatic N) is 4. The van der Waals surface area contributed by atoms with Crippen molar-refractivity contribution in [2.75, 3.05) is 22.9 Å². The fraction of sp³-hybridized carbons (Fsp3) is 0.452. The summed E-state index contributed by atoms with van der Waals surface area (Å²) < 4.78 is 41.3. The molecule has 0 radical (unpaired) electrons. The lowest BCUT2D eigenvalue weighted by Crippen LogP contribution is -2.23. The second-order valence-electron chi connectivity index (χ2n) is 12.6. The zero-order valence-corrected chi connectivity index (χ0v) is 26.9. The third kappa shape index (κ3) is 6.85. The summed E-state index contributed by atoms with van der Waals surface area (Å²) in [4.78, 5) is 31.1. The Labute approximate surface area is 255 Å². The summed E-state index contributed by atoms with van der Waals surface area (Å²) in [7, 11) is -3.73. The van der Waals surface area contributed by atoms with Crippen molar-refractivity contribution in [2.45, 2.75) is 65.3 Å². The van der Waals surface area contributed by atoms with E-state index in [0.717, 1.165) is 38.5 Å². The number of anilines is 2. The van der Waals surface area contributed by atoms with Crippen LogP contribution in [0.5, 0.6) is 0 Å². The molecule has 9 nitrogen and oxygen atoms in total. The monoisotopic (exact) mass is 624 g/mol. The van der Waals surface area contributed by atoms with Crippen LogP contribution in [0.2, 0.25) is 0 Å². The number of thiazole rings is 1. The first-order chi connectivity index (χ1) is 20.2. The molecule has 3 unspecified atom stereocenters. The smallest absolute Gasteiger partial charge is 0.224 e. The van der Waals surface area contributed by atoms with Crippen molar-refractivity contribution < 1.29 is 17.6 Å². The third-order valence-corrected chi connectivity index (χ3v) is 10.6. The lowest BCUT2D eigenvalue weighted by molar-refractivity contribution is -0.111. The lowest BCUT2D eigenvalue weighted by Gasteiger charge is -2.21. The Morgan fingerprint density at radius 1 is 1.07 bits per heavy atom. The standard InChI is InChI=1S/C31H37FN6O3S2/c1-17-11-23(7-8-24(17)32)43(40,41)15-21-13-22(12-20(21)14-39)36-28-26(18(2)35-30(38-28)34-16-31(4,5)6)29-37-27-19(3)33-10-9-25(27)42-29/h7-11,14,20-22H,12-13,15-16H2,1-6H3,(H2,34,35,36,38). The average Bonchev–Trinajstić information content (AvgIpc) is 3.52. The van der Waals surface area contributed by atoms with Crippen molar-refractivity contribution in [3.05, 3.63) is 53.2 Å². The first kappa shape index (κ1) is 30.9. The number of aromatic nitrogens is 4. The Bertz CT molecular complexity index is 1780. The first-order valence-corrected chi connectivity index (χ1v) is 16.8. The minimum atomic E-state index is -3.73. The second kappa shape index (κ2) is 11.9. The Kier molecular flexibility index (Phi) is 8.54. The van der Waals surface area contributed by atoms with Gasteiger partial charge in [0.1, 0.15) is 28.4 Å². The van der Waals surface area contributed by atoms with E-state index in [1.54, 1.807) is 6.20 Å². The van der Waals surface area contributed by atoms with Crippen LogP contribution in [0.4, 0.5) is 16.2 Å². The molecule has 3 atom stereocenters. The summed E-state index contributed by atoms with van der Waals surface area (Å²) in [5.41, 5.74) is 3.44. The summed E-state index contributed by atoms with van der Waals surface area (Å²) >= 11 is 1.53. The van der Waals surface area contributed by atoms with Gasteiger partial charge in [-0.15, -0.1) is 11.3 Å². The Balaban J connectivity index is 1.46. The molecule has 0 aliphatic heterocycles. The van der Waals surface area contributed by atoms with E-state index in [2.05, 4.69) is 36.4 Å². The first-order valence-electron chi connectivity index (χ1n) is 14.3. The molecule has 1 aliphatic carbocycles. The molecular weight excluding hydrogens is 588 g/mol. The third-order valence-electron chi connectivity index (χ3n) is 7.76. The van der Waals surface area contributed by atoms with Crippen LogP contribution in [0, 0.1) is 43.8 Å². The Morgan fingerprint density at radius 2 is 1.84 bits per heavy atom. The SMILES string of the molecule is Cc1cc(S(=O)(=O)CC2CC(Nc3nc(NCC(C)(C)C)nc(C)c3-c3nc4c(C)nccc4s3)CC2C=O)ccc1F. The highest BCUT2D eigenvalue weighted by molar-refractivity contribution is 7.91. The summed E-state index contributed by atoms with van der Waals surface area (Å²) in [6.45, 7) is 12.4. The summed E-state index contributed by atoms with van der Waals surface area (Å²) in [6.07, 6.45) is 3.53.